The predicted octanol–water partition coefficient (Wildman–Crippen LogP) is 2.55. The van der Waals surface area contributed by atoms with Crippen LogP contribution in [0.3, 0.4) is 0 Å². The molecular formula is C18H18FN3O2. The number of amides is 1. The molecule has 5 nitrogen and oxygen atoms in total. The third-order valence-electron chi connectivity index (χ3n) is 4.92. The Hall–Kier alpha value is -2.50. The Labute approximate surface area is 139 Å². The Bertz CT molecular complexity index is 740. The van der Waals surface area contributed by atoms with E-state index in [0.29, 0.717) is 24.8 Å². The number of benzene rings is 1. The number of likely N-dealkylation sites (tertiary alicyclic amines) is 1. The molecule has 0 unspecified atom stereocenters. The summed E-state index contributed by atoms with van der Waals surface area (Å²) in [6.45, 7) is 1.35. The Balaban J connectivity index is 1.44. The van der Waals surface area contributed by atoms with E-state index in [0.717, 1.165) is 12.8 Å². The molecule has 3 atom stereocenters. The van der Waals surface area contributed by atoms with Crippen molar-refractivity contribution < 1.29 is 13.9 Å². The number of hydrogen-bond donors (Lipinski definition) is 0. The lowest BCUT2D eigenvalue weighted by Crippen LogP contribution is -2.33. The minimum atomic E-state index is -0.300. The van der Waals surface area contributed by atoms with Crippen LogP contribution in [0.4, 0.5) is 4.39 Å². The van der Waals surface area contributed by atoms with Gasteiger partial charge in [0.05, 0.1) is 0 Å². The van der Waals surface area contributed by atoms with E-state index < -0.39 is 0 Å². The van der Waals surface area contributed by atoms with E-state index in [1.54, 1.807) is 30.6 Å². The van der Waals surface area contributed by atoms with Gasteiger partial charge in [0, 0.05) is 37.5 Å². The quantitative estimate of drug-likeness (QED) is 0.869. The van der Waals surface area contributed by atoms with Gasteiger partial charge in [0.25, 0.3) is 5.91 Å². The number of ether oxygens (including phenoxy) is 1. The standard InChI is InChI=1S/C18H18FN3O2/c19-13-3-1-4-14(9-13)24-16-6-5-12-10-22(11-15(12)16)18(23)17-20-7-2-8-21-17/h1-4,7-9,12,15-16H,5-6,10-11H2/t12-,15+,16-/m0/s1. The van der Waals surface area contributed by atoms with Gasteiger partial charge in [0.2, 0.25) is 5.82 Å². The van der Waals surface area contributed by atoms with Crippen molar-refractivity contribution in [3.8, 4) is 5.75 Å². The van der Waals surface area contributed by atoms with Crippen LogP contribution in [0, 0.1) is 17.7 Å². The third-order valence-corrected chi connectivity index (χ3v) is 4.92. The molecule has 4 rings (SSSR count). The third kappa shape index (κ3) is 2.84. The van der Waals surface area contributed by atoms with Crippen molar-refractivity contribution in [1.82, 2.24) is 14.9 Å². The maximum atomic E-state index is 13.3. The maximum Gasteiger partial charge on any atom is 0.291 e. The summed E-state index contributed by atoms with van der Waals surface area (Å²) >= 11 is 0. The number of carbonyl (C=O) groups is 1. The summed E-state index contributed by atoms with van der Waals surface area (Å²) < 4.78 is 19.3. The number of rotatable bonds is 3. The number of nitrogens with zero attached hydrogens (tertiary/aromatic N) is 3. The van der Waals surface area contributed by atoms with Gasteiger partial charge in [-0.05, 0) is 37.0 Å². The summed E-state index contributed by atoms with van der Waals surface area (Å²) in [5.74, 6) is 1.06. The SMILES string of the molecule is O=C(c1ncccn1)N1C[C@@H]2CC[C@H](Oc3cccc(F)c3)[C@@H]2C1. The van der Waals surface area contributed by atoms with Crippen LogP contribution < -0.4 is 4.74 Å². The normalized spacial score (nSPS) is 25.5. The highest BCUT2D eigenvalue weighted by atomic mass is 19.1. The molecule has 1 aromatic heterocycles. The van der Waals surface area contributed by atoms with Crippen molar-refractivity contribution in [2.75, 3.05) is 13.1 Å². The van der Waals surface area contributed by atoms with Gasteiger partial charge in [0.1, 0.15) is 17.7 Å². The lowest BCUT2D eigenvalue weighted by molar-refractivity contribution is 0.0750. The zero-order chi connectivity index (χ0) is 16.5. The molecule has 2 aromatic rings. The lowest BCUT2D eigenvalue weighted by atomic mass is 9.99. The Morgan fingerprint density at radius 1 is 1.17 bits per heavy atom. The average Bonchev–Trinajstić information content (AvgIpc) is 3.17. The van der Waals surface area contributed by atoms with E-state index in [9.17, 15) is 9.18 Å². The minimum absolute atomic E-state index is 0.0197. The summed E-state index contributed by atoms with van der Waals surface area (Å²) in [5, 5.41) is 0. The predicted molar refractivity (Wildman–Crippen MR) is 85.0 cm³/mol. The van der Waals surface area contributed by atoms with Crippen molar-refractivity contribution >= 4 is 5.91 Å². The van der Waals surface area contributed by atoms with E-state index in [1.807, 2.05) is 4.90 Å². The molecule has 2 fully saturated rings. The molecule has 1 aromatic carbocycles. The highest BCUT2D eigenvalue weighted by Gasteiger charge is 2.45. The van der Waals surface area contributed by atoms with E-state index in [4.69, 9.17) is 4.74 Å². The lowest BCUT2D eigenvalue weighted by Gasteiger charge is -2.21. The summed E-state index contributed by atoms with van der Waals surface area (Å²) in [6, 6.07) is 7.92. The molecular weight excluding hydrogens is 309 g/mol. The molecule has 6 heteroatoms. The summed E-state index contributed by atoms with van der Waals surface area (Å²) in [5.41, 5.74) is 0. The Morgan fingerprint density at radius 2 is 2.00 bits per heavy atom. The second-order valence-electron chi connectivity index (χ2n) is 6.40. The first-order valence-electron chi connectivity index (χ1n) is 8.19. The number of carbonyl (C=O) groups excluding carboxylic acids is 1. The smallest absolute Gasteiger partial charge is 0.291 e. The molecule has 1 saturated heterocycles. The van der Waals surface area contributed by atoms with E-state index in [-0.39, 0.29) is 29.6 Å². The van der Waals surface area contributed by atoms with Gasteiger partial charge in [-0.3, -0.25) is 4.79 Å². The first-order valence-corrected chi connectivity index (χ1v) is 8.19. The van der Waals surface area contributed by atoms with Gasteiger partial charge in [-0.25, -0.2) is 14.4 Å². The van der Waals surface area contributed by atoms with Gasteiger partial charge >= 0.3 is 0 Å². The van der Waals surface area contributed by atoms with Gasteiger partial charge in [-0.2, -0.15) is 0 Å². The zero-order valence-electron chi connectivity index (χ0n) is 13.1. The molecule has 0 radical (unpaired) electrons. The van der Waals surface area contributed by atoms with Gasteiger partial charge in [-0.1, -0.05) is 6.07 Å². The molecule has 1 saturated carbocycles. The largest absolute Gasteiger partial charge is 0.490 e. The first kappa shape index (κ1) is 15.1. The van der Waals surface area contributed by atoms with Gasteiger partial charge in [-0.15, -0.1) is 0 Å². The van der Waals surface area contributed by atoms with Crippen LogP contribution in [-0.4, -0.2) is 40.0 Å². The van der Waals surface area contributed by atoms with Crippen molar-refractivity contribution in [2.45, 2.75) is 18.9 Å². The number of hydrogen-bond acceptors (Lipinski definition) is 4. The fourth-order valence-corrected chi connectivity index (χ4v) is 3.79. The Kier molecular flexibility index (Phi) is 3.88. The van der Waals surface area contributed by atoms with Crippen LogP contribution in [0.5, 0.6) is 5.75 Å². The molecule has 2 heterocycles. The monoisotopic (exact) mass is 327 g/mol. The fourth-order valence-electron chi connectivity index (χ4n) is 3.79. The van der Waals surface area contributed by atoms with Gasteiger partial charge < -0.3 is 9.64 Å². The van der Waals surface area contributed by atoms with Crippen LogP contribution in [0.1, 0.15) is 23.5 Å². The molecule has 1 aliphatic heterocycles. The Morgan fingerprint density at radius 3 is 2.79 bits per heavy atom. The molecule has 0 spiro atoms. The second-order valence-corrected chi connectivity index (χ2v) is 6.40. The first-order chi connectivity index (χ1) is 11.7. The van der Waals surface area contributed by atoms with Crippen LogP contribution in [0.15, 0.2) is 42.7 Å². The highest BCUT2D eigenvalue weighted by molar-refractivity contribution is 5.90. The van der Waals surface area contributed by atoms with Crippen molar-refractivity contribution in [3.05, 3.63) is 54.4 Å². The fraction of sp³-hybridized carbons (Fsp3) is 0.389. The topological polar surface area (TPSA) is 55.3 Å². The summed E-state index contributed by atoms with van der Waals surface area (Å²) in [7, 11) is 0. The van der Waals surface area contributed by atoms with Crippen molar-refractivity contribution in [3.63, 3.8) is 0 Å². The number of aromatic nitrogens is 2. The molecule has 1 amide bonds. The van der Waals surface area contributed by atoms with E-state index >= 15 is 0 Å². The van der Waals surface area contributed by atoms with Crippen LogP contribution in [-0.2, 0) is 0 Å². The highest BCUT2D eigenvalue weighted by Crippen LogP contribution is 2.40. The molecule has 24 heavy (non-hydrogen) atoms. The van der Waals surface area contributed by atoms with E-state index in [1.165, 1.54) is 12.1 Å². The van der Waals surface area contributed by atoms with Crippen molar-refractivity contribution in [1.29, 1.82) is 0 Å². The number of fused-ring (bicyclic) bond motifs is 1. The minimum Gasteiger partial charge on any atom is -0.490 e. The maximum absolute atomic E-state index is 13.3. The molecule has 0 N–H and O–H groups in total. The average molecular weight is 327 g/mol. The second kappa shape index (κ2) is 6.19. The van der Waals surface area contributed by atoms with Crippen LogP contribution >= 0.6 is 0 Å². The molecule has 0 bridgehead atoms. The number of halogens is 1. The van der Waals surface area contributed by atoms with E-state index in [2.05, 4.69) is 9.97 Å². The van der Waals surface area contributed by atoms with Gasteiger partial charge in [0.15, 0.2) is 0 Å². The van der Waals surface area contributed by atoms with Crippen molar-refractivity contribution in [2.24, 2.45) is 11.8 Å². The molecule has 2 aliphatic rings. The molecule has 1 aliphatic carbocycles. The molecule has 124 valence electrons. The zero-order valence-corrected chi connectivity index (χ0v) is 13.1. The summed E-state index contributed by atoms with van der Waals surface area (Å²) in [4.78, 5) is 22.4. The van der Waals surface area contributed by atoms with Crippen LogP contribution in [0.2, 0.25) is 0 Å². The van der Waals surface area contributed by atoms with Crippen LogP contribution in [0.25, 0.3) is 0 Å². The summed E-state index contributed by atoms with van der Waals surface area (Å²) in [6.07, 6.45) is 5.13.